The number of nitrogens with zero attached hydrogens (tertiary/aromatic N) is 4. The molecule has 2 aliphatic heterocycles. The summed E-state index contributed by atoms with van der Waals surface area (Å²) in [6.45, 7) is 6.96. The van der Waals surface area contributed by atoms with Crippen LogP contribution < -0.4 is 4.90 Å². The number of anilines is 1. The summed E-state index contributed by atoms with van der Waals surface area (Å²) in [5.41, 5.74) is 2.45. The smallest absolute Gasteiger partial charge is 0.254 e. The highest BCUT2D eigenvalue weighted by atomic mass is 19.1. The van der Waals surface area contributed by atoms with Gasteiger partial charge in [0, 0.05) is 51.0 Å². The minimum absolute atomic E-state index is 0.0904. The molecular formula is C23H29FN4O. The highest BCUT2D eigenvalue weighted by molar-refractivity contribution is 5.95. The van der Waals surface area contributed by atoms with Crippen molar-refractivity contribution in [2.45, 2.75) is 19.8 Å². The number of rotatable bonds is 4. The van der Waals surface area contributed by atoms with Gasteiger partial charge in [-0.15, -0.1) is 0 Å². The average molecular weight is 397 g/mol. The van der Waals surface area contributed by atoms with Crippen LogP contribution in [0, 0.1) is 18.7 Å². The van der Waals surface area contributed by atoms with Gasteiger partial charge in [0.1, 0.15) is 11.6 Å². The highest BCUT2D eigenvalue weighted by Crippen LogP contribution is 2.26. The molecule has 0 radical (unpaired) electrons. The van der Waals surface area contributed by atoms with Crippen LogP contribution >= 0.6 is 0 Å². The summed E-state index contributed by atoms with van der Waals surface area (Å²) in [5.74, 6) is 1.29. The van der Waals surface area contributed by atoms with E-state index in [0.717, 1.165) is 63.5 Å². The second kappa shape index (κ2) is 8.49. The zero-order valence-corrected chi connectivity index (χ0v) is 17.3. The van der Waals surface area contributed by atoms with Gasteiger partial charge in [0.25, 0.3) is 5.91 Å². The third kappa shape index (κ3) is 4.58. The molecule has 1 aromatic carbocycles. The summed E-state index contributed by atoms with van der Waals surface area (Å²) >= 11 is 0. The van der Waals surface area contributed by atoms with E-state index in [-0.39, 0.29) is 11.7 Å². The first-order chi connectivity index (χ1) is 14.0. The van der Waals surface area contributed by atoms with Crippen LogP contribution in [0.15, 0.2) is 36.5 Å². The standard InChI is InChI=1S/C23H29FN4O/c1-17-3-4-18(14-21(17)24)13-19-6-8-28(16-19)22-15-20(5-7-25-22)23(29)27-11-9-26(2)10-12-27/h3-5,7,14-15,19H,6,8-13,16H2,1-2H3. The topological polar surface area (TPSA) is 39.7 Å². The number of hydrogen-bond donors (Lipinski definition) is 0. The van der Waals surface area contributed by atoms with E-state index in [2.05, 4.69) is 21.8 Å². The number of benzene rings is 1. The van der Waals surface area contributed by atoms with Crippen LogP contribution in [0.3, 0.4) is 0 Å². The van der Waals surface area contributed by atoms with Crippen LogP contribution in [0.5, 0.6) is 0 Å². The Balaban J connectivity index is 1.39. The van der Waals surface area contributed by atoms with Crippen LogP contribution in [0.2, 0.25) is 0 Å². The third-order valence-corrected chi connectivity index (χ3v) is 6.15. The first kappa shape index (κ1) is 19.8. The summed E-state index contributed by atoms with van der Waals surface area (Å²) in [6.07, 6.45) is 3.66. The molecule has 0 spiro atoms. The number of carbonyl (C=O) groups is 1. The maximum Gasteiger partial charge on any atom is 0.254 e. The van der Waals surface area contributed by atoms with Crippen molar-refractivity contribution in [1.29, 1.82) is 0 Å². The first-order valence-corrected chi connectivity index (χ1v) is 10.4. The maximum atomic E-state index is 13.8. The van der Waals surface area contributed by atoms with Crippen molar-refractivity contribution in [3.05, 3.63) is 59.0 Å². The molecule has 2 saturated heterocycles. The molecule has 2 aliphatic rings. The van der Waals surface area contributed by atoms with Crippen molar-refractivity contribution in [1.82, 2.24) is 14.8 Å². The molecule has 1 unspecified atom stereocenters. The lowest BCUT2D eigenvalue weighted by Gasteiger charge is -2.32. The first-order valence-electron chi connectivity index (χ1n) is 10.4. The van der Waals surface area contributed by atoms with Crippen molar-refractivity contribution in [2.24, 2.45) is 5.92 Å². The number of aryl methyl sites for hydroxylation is 1. The Labute approximate surface area is 172 Å². The van der Waals surface area contributed by atoms with Gasteiger partial charge in [-0.3, -0.25) is 4.79 Å². The van der Waals surface area contributed by atoms with Gasteiger partial charge in [0.2, 0.25) is 0 Å². The van der Waals surface area contributed by atoms with E-state index in [4.69, 9.17) is 0 Å². The fourth-order valence-electron chi connectivity index (χ4n) is 4.22. The van der Waals surface area contributed by atoms with Gasteiger partial charge in [0.05, 0.1) is 0 Å². The molecule has 0 N–H and O–H groups in total. The van der Waals surface area contributed by atoms with Crippen molar-refractivity contribution in [3.8, 4) is 0 Å². The zero-order chi connectivity index (χ0) is 20.4. The van der Waals surface area contributed by atoms with Gasteiger partial charge in [-0.05, 0) is 62.1 Å². The molecule has 1 amide bonds. The van der Waals surface area contributed by atoms with Gasteiger partial charge in [0.15, 0.2) is 0 Å². The van der Waals surface area contributed by atoms with Crippen LogP contribution in [-0.2, 0) is 6.42 Å². The van der Waals surface area contributed by atoms with Gasteiger partial charge in [-0.25, -0.2) is 9.37 Å². The van der Waals surface area contributed by atoms with Crippen LogP contribution in [0.25, 0.3) is 0 Å². The molecule has 0 aliphatic carbocycles. The molecule has 1 atom stereocenters. The molecule has 2 aromatic rings. The molecule has 3 heterocycles. The van der Waals surface area contributed by atoms with Gasteiger partial charge in [-0.2, -0.15) is 0 Å². The molecule has 2 fully saturated rings. The number of hydrogen-bond acceptors (Lipinski definition) is 4. The Morgan fingerprint density at radius 2 is 1.93 bits per heavy atom. The molecule has 0 bridgehead atoms. The number of carbonyl (C=O) groups excluding carboxylic acids is 1. The number of aromatic nitrogens is 1. The Bertz CT molecular complexity index is 879. The fraction of sp³-hybridized carbons (Fsp3) is 0.478. The normalized spacial score (nSPS) is 20.3. The van der Waals surface area contributed by atoms with Crippen LogP contribution in [-0.4, -0.2) is 67.0 Å². The quantitative estimate of drug-likeness (QED) is 0.797. The largest absolute Gasteiger partial charge is 0.356 e. The number of amides is 1. The minimum Gasteiger partial charge on any atom is -0.356 e. The second-order valence-electron chi connectivity index (χ2n) is 8.39. The number of halogens is 1. The molecule has 29 heavy (non-hydrogen) atoms. The Kier molecular flexibility index (Phi) is 5.81. The van der Waals surface area contributed by atoms with Gasteiger partial charge in [-0.1, -0.05) is 12.1 Å². The van der Waals surface area contributed by atoms with E-state index < -0.39 is 0 Å². The van der Waals surface area contributed by atoms with E-state index in [1.807, 2.05) is 29.2 Å². The molecule has 1 aromatic heterocycles. The van der Waals surface area contributed by atoms with Crippen molar-refractivity contribution >= 4 is 11.7 Å². The zero-order valence-electron chi connectivity index (χ0n) is 17.3. The molecule has 0 saturated carbocycles. The Morgan fingerprint density at radius 3 is 2.69 bits per heavy atom. The lowest BCUT2D eigenvalue weighted by atomic mass is 9.98. The second-order valence-corrected chi connectivity index (χ2v) is 8.39. The lowest BCUT2D eigenvalue weighted by molar-refractivity contribution is 0.0664. The molecular weight excluding hydrogens is 367 g/mol. The average Bonchev–Trinajstić information content (AvgIpc) is 3.19. The van der Waals surface area contributed by atoms with Gasteiger partial charge < -0.3 is 14.7 Å². The summed E-state index contributed by atoms with van der Waals surface area (Å²) < 4.78 is 13.8. The predicted octanol–water partition coefficient (Wildman–Crippen LogP) is 2.99. The summed E-state index contributed by atoms with van der Waals surface area (Å²) in [6, 6.07) is 9.27. The SMILES string of the molecule is Cc1ccc(CC2CCN(c3cc(C(=O)N4CCN(C)CC4)ccn3)C2)cc1F. The fourth-order valence-corrected chi connectivity index (χ4v) is 4.22. The van der Waals surface area contributed by atoms with Crippen LogP contribution in [0.4, 0.5) is 10.2 Å². The van der Waals surface area contributed by atoms with Crippen LogP contribution in [0.1, 0.15) is 27.9 Å². The van der Waals surface area contributed by atoms with E-state index in [0.29, 0.717) is 17.0 Å². The molecule has 5 nitrogen and oxygen atoms in total. The summed E-state index contributed by atoms with van der Waals surface area (Å²) in [7, 11) is 2.08. The van der Waals surface area contributed by atoms with E-state index in [9.17, 15) is 9.18 Å². The minimum atomic E-state index is -0.130. The summed E-state index contributed by atoms with van der Waals surface area (Å²) in [5, 5.41) is 0. The lowest BCUT2D eigenvalue weighted by Crippen LogP contribution is -2.47. The highest BCUT2D eigenvalue weighted by Gasteiger charge is 2.26. The maximum absolute atomic E-state index is 13.8. The van der Waals surface area contributed by atoms with Crippen molar-refractivity contribution in [2.75, 3.05) is 51.2 Å². The van der Waals surface area contributed by atoms with E-state index in [1.54, 1.807) is 19.2 Å². The number of piperazine rings is 1. The molecule has 4 rings (SSSR count). The Hall–Kier alpha value is -2.47. The predicted molar refractivity (Wildman–Crippen MR) is 113 cm³/mol. The third-order valence-electron chi connectivity index (χ3n) is 6.15. The van der Waals surface area contributed by atoms with E-state index >= 15 is 0 Å². The molecule has 154 valence electrons. The monoisotopic (exact) mass is 396 g/mol. The Morgan fingerprint density at radius 1 is 1.14 bits per heavy atom. The van der Waals surface area contributed by atoms with E-state index in [1.165, 1.54) is 0 Å². The van der Waals surface area contributed by atoms with Gasteiger partial charge >= 0.3 is 0 Å². The number of pyridine rings is 1. The number of likely N-dealkylation sites (N-methyl/N-ethyl adjacent to an activating group) is 1. The summed E-state index contributed by atoms with van der Waals surface area (Å²) in [4.78, 5) is 23.8. The van der Waals surface area contributed by atoms with Crippen molar-refractivity contribution in [3.63, 3.8) is 0 Å². The van der Waals surface area contributed by atoms with Crippen molar-refractivity contribution < 1.29 is 9.18 Å². The molecule has 6 heteroatoms.